The molecule has 1 fully saturated rings. The summed E-state index contributed by atoms with van der Waals surface area (Å²) in [5.41, 5.74) is 10.2. The van der Waals surface area contributed by atoms with Crippen molar-refractivity contribution >= 4 is 12.3 Å². The van der Waals surface area contributed by atoms with Crippen molar-refractivity contribution in [2.45, 2.75) is 50.7 Å². The van der Waals surface area contributed by atoms with Crippen molar-refractivity contribution in [2.75, 3.05) is 27.8 Å². The molecule has 0 radical (unpaired) electrons. The first-order valence-corrected chi connectivity index (χ1v) is 12.7. The van der Waals surface area contributed by atoms with Crippen LogP contribution in [0.2, 0.25) is 0 Å². The lowest BCUT2D eigenvalue weighted by Gasteiger charge is -2.33. The lowest BCUT2D eigenvalue weighted by molar-refractivity contribution is -0.119. The van der Waals surface area contributed by atoms with E-state index in [9.17, 15) is 9.59 Å². The smallest absolute Gasteiger partial charge is 0.271 e. The van der Waals surface area contributed by atoms with E-state index in [0.29, 0.717) is 31.1 Å². The molecule has 1 saturated carbocycles. The molecule has 3 rings (SSSR count). The summed E-state index contributed by atoms with van der Waals surface area (Å²) in [6.07, 6.45) is 6.15. The molecule has 0 saturated heterocycles. The van der Waals surface area contributed by atoms with Crippen LogP contribution in [0.4, 0.5) is 0 Å². The van der Waals surface area contributed by atoms with Gasteiger partial charge in [0, 0.05) is 39.8 Å². The zero-order valence-electron chi connectivity index (χ0n) is 21.7. The minimum atomic E-state index is -0.280. The molecule has 8 nitrogen and oxygen atoms in total. The minimum Gasteiger partial charge on any atom is -0.373 e. The van der Waals surface area contributed by atoms with E-state index in [-0.39, 0.29) is 18.0 Å². The molecule has 1 unspecified atom stereocenters. The van der Waals surface area contributed by atoms with Crippen molar-refractivity contribution in [3.05, 3.63) is 71.7 Å². The van der Waals surface area contributed by atoms with Crippen molar-refractivity contribution in [1.29, 1.82) is 0 Å². The summed E-state index contributed by atoms with van der Waals surface area (Å²) < 4.78 is 0. The van der Waals surface area contributed by atoms with Crippen LogP contribution >= 0.6 is 0 Å². The molecule has 194 valence electrons. The van der Waals surface area contributed by atoms with Crippen LogP contribution in [0.25, 0.3) is 11.1 Å². The van der Waals surface area contributed by atoms with Crippen LogP contribution in [0.5, 0.6) is 0 Å². The molecule has 5 N–H and O–H groups in total. The molecular weight excluding hydrogens is 452 g/mol. The van der Waals surface area contributed by atoms with Crippen LogP contribution in [0, 0.1) is 0 Å². The Balaban J connectivity index is 2.03. The average molecular weight is 493 g/mol. The van der Waals surface area contributed by atoms with Gasteiger partial charge >= 0.3 is 0 Å². The van der Waals surface area contributed by atoms with Crippen LogP contribution < -0.4 is 21.7 Å². The molecule has 2 atom stereocenters. The normalized spacial score (nSPS) is 18.4. The van der Waals surface area contributed by atoms with E-state index in [4.69, 9.17) is 5.73 Å². The Morgan fingerprint density at radius 2 is 1.69 bits per heavy atom. The Morgan fingerprint density at radius 1 is 1.00 bits per heavy atom. The van der Waals surface area contributed by atoms with Gasteiger partial charge in [-0.3, -0.25) is 14.9 Å². The molecule has 2 amide bonds. The standard InChI is InChI=1S/C28H40N6O2/c1-30-27(33(3)20-35)26(28(36)31-2)34(19-32-25-17-9-5-8-16-24(25)29)18-22-14-10-11-15-23(22)21-12-6-4-7-13-21/h4,6-7,10-15,20,24-25,30,32H,5,8-9,16-19,29H2,1-3H3,(H,31,36)/b27-26+/t24?,25-/m0/s1. The molecule has 0 heterocycles. The highest BCUT2D eigenvalue weighted by molar-refractivity contribution is 5.93. The number of hydrogen-bond acceptors (Lipinski definition) is 6. The highest BCUT2D eigenvalue weighted by Gasteiger charge is 2.27. The van der Waals surface area contributed by atoms with Gasteiger partial charge in [-0.25, -0.2) is 0 Å². The zero-order chi connectivity index (χ0) is 25.9. The van der Waals surface area contributed by atoms with E-state index in [2.05, 4.69) is 40.2 Å². The van der Waals surface area contributed by atoms with Crippen molar-refractivity contribution in [1.82, 2.24) is 25.8 Å². The van der Waals surface area contributed by atoms with Crippen LogP contribution in [-0.2, 0) is 16.1 Å². The molecule has 0 bridgehead atoms. The van der Waals surface area contributed by atoms with Gasteiger partial charge < -0.3 is 26.2 Å². The molecule has 0 aromatic heterocycles. The van der Waals surface area contributed by atoms with Crippen LogP contribution in [-0.4, -0.2) is 62.0 Å². The number of nitrogens with zero attached hydrogens (tertiary/aromatic N) is 2. The van der Waals surface area contributed by atoms with E-state index in [1.54, 1.807) is 21.1 Å². The number of carbonyl (C=O) groups excluding carboxylic acids is 2. The van der Waals surface area contributed by atoms with Crippen LogP contribution in [0.1, 0.15) is 37.7 Å². The predicted molar refractivity (Wildman–Crippen MR) is 144 cm³/mol. The number of benzene rings is 2. The maximum absolute atomic E-state index is 13.2. The Kier molecular flexibility index (Phi) is 10.3. The quantitative estimate of drug-likeness (QED) is 0.166. The fourth-order valence-corrected chi connectivity index (χ4v) is 4.83. The lowest BCUT2D eigenvalue weighted by atomic mass is 9.99. The maximum Gasteiger partial charge on any atom is 0.271 e. The first-order chi connectivity index (χ1) is 17.5. The van der Waals surface area contributed by atoms with E-state index < -0.39 is 0 Å². The number of carbonyl (C=O) groups is 2. The van der Waals surface area contributed by atoms with Gasteiger partial charge in [-0.05, 0) is 29.5 Å². The van der Waals surface area contributed by atoms with Gasteiger partial charge in [-0.15, -0.1) is 0 Å². The molecular formula is C28H40N6O2. The summed E-state index contributed by atoms with van der Waals surface area (Å²) in [6.45, 7) is 0.864. The van der Waals surface area contributed by atoms with Gasteiger partial charge in [0.15, 0.2) is 0 Å². The third-order valence-corrected chi connectivity index (χ3v) is 6.81. The summed E-state index contributed by atoms with van der Waals surface area (Å²) in [6, 6.07) is 18.6. The highest BCUT2D eigenvalue weighted by atomic mass is 16.2. The number of likely N-dealkylation sites (N-methyl/N-ethyl adjacent to an activating group) is 1. The van der Waals surface area contributed by atoms with E-state index in [1.807, 2.05) is 35.2 Å². The summed E-state index contributed by atoms with van der Waals surface area (Å²) in [5, 5.41) is 9.45. The predicted octanol–water partition coefficient (Wildman–Crippen LogP) is 2.59. The topological polar surface area (TPSA) is 103 Å². The van der Waals surface area contributed by atoms with Crippen LogP contribution in [0.15, 0.2) is 66.1 Å². The van der Waals surface area contributed by atoms with Gasteiger partial charge in [-0.1, -0.05) is 73.9 Å². The number of amides is 2. The van der Waals surface area contributed by atoms with Gasteiger partial charge in [0.2, 0.25) is 6.41 Å². The Morgan fingerprint density at radius 3 is 2.39 bits per heavy atom. The average Bonchev–Trinajstić information content (AvgIpc) is 3.13. The first-order valence-electron chi connectivity index (χ1n) is 12.7. The number of rotatable bonds is 11. The van der Waals surface area contributed by atoms with Crippen molar-refractivity contribution in [3.8, 4) is 11.1 Å². The Bertz CT molecular complexity index is 1030. The molecule has 2 aromatic carbocycles. The minimum absolute atomic E-state index is 0.0693. The second kappa shape index (κ2) is 13.7. The maximum atomic E-state index is 13.2. The van der Waals surface area contributed by atoms with Crippen molar-refractivity contribution < 1.29 is 9.59 Å². The van der Waals surface area contributed by atoms with Crippen molar-refractivity contribution in [2.24, 2.45) is 5.73 Å². The fourth-order valence-electron chi connectivity index (χ4n) is 4.83. The van der Waals surface area contributed by atoms with Gasteiger partial charge in [0.1, 0.15) is 11.5 Å². The second-order valence-electron chi connectivity index (χ2n) is 9.23. The van der Waals surface area contributed by atoms with Crippen molar-refractivity contribution in [3.63, 3.8) is 0 Å². The molecule has 2 aromatic rings. The molecule has 1 aliphatic carbocycles. The third-order valence-electron chi connectivity index (χ3n) is 6.81. The lowest BCUT2D eigenvalue weighted by Crippen LogP contribution is -2.50. The monoisotopic (exact) mass is 492 g/mol. The molecule has 36 heavy (non-hydrogen) atoms. The number of hydrogen-bond donors (Lipinski definition) is 4. The number of nitrogens with two attached hydrogens (primary N) is 1. The molecule has 1 aliphatic rings. The Hall–Kier alpha value is -3.36. The summed E-state index contributed by atoms with van der Waals surface area (Å²) in [5.74, 6) is 0.144. The summed E-state index contributed by atoms with van der Waals surface area (Å²) >= 11 is 0. The molecule has 0 spiro atoms. The highest BCUT2D eigenvalue weighted by Crippen LogP contribution is 2.26. The fraction of sp³-hybridized carbons (Fsp3) is 0.429. The van der Waals surface area contributed by atoms with Gasteiger partial charge in [-0.2, -0.15) is 0 Å². The summed E-state index contributed by atoms with van der Waals surface area (Å²) in [7, 11) is 4.94. The second-order valence-corrected chi connectivity index (χ2v) is 9.23. The van der Waals surface area contributed by atoms with E-state index >= 15 is 0 Å². The number of nitrogens with one attached hydrogen (secondary N) is 3. The largest absolute Gasteiger partial charge is 0.373 e. The molecule has 0 aliphatic heterocycles. The van der Waals surface area contributed by atoms with E-state index in [1.165, 1.54) is 11.3 Å². The van der Waals surface area contributed by atoms with Crippen LogP contribution in [0.3, 0.4) is 0 Å². The SMILES string of the molecule is CNC(=O)/C(=C(/NC)N(C)C=O)N(CN[C@H]1CCCCCC1N)Cc1ccccc1-c1ccccc1. The Labute approximate surface area is 214 Å². The summed E-state index contributed by atoms with van der Waals surface area (Å²) in [4.78, 5) is 28.3. The first kappa shape index (κ1) is 27.2. The van der Waals surface area contributed by atoms with Gasteiger partial charge in [0.25, 0.3) is 5.91 Å². The van der Waals surface area contributed by atoms with E-state index in [0.717, 1.165) is 42.4 Å². The zero-order valence-corrected chi connectivity index (χ0v) is 21.7. The van der Waals surface area contributed by atoms with Gasteiger partial charge in [0.05, 0.1) is 6.67 Å². The third kappa shape index (κ3) is 6.86. The molecule has 8 heteroatoms.